The monoisotopic (exact) mass is 373 g/mol. The zero-order valence-electron chi connectivity index (χ0n) is 14.7. The normalized spacial score (nSPS) is 28.0. The van der Waals surface area contributed by atoms with Crippen LogP contribution < -0.4 is 0 Å². The summed E-state index contributed by atoms with van der Waals surface area (Å²) in [7, 11) is 0. The number of amides is 1. The second-order valence-corrected chi connectivity index (χ2v) is 8.92. The minimum Gasteiger partial charge on any atom is -0.389 e. The number of likely N-dealkylation sites (tertiary alicyclic amines) is 1. The van der Waals surface area contributed by atoms with Crippen LogP contribution in [-0.2, 0) is 12.8 Å². The third-order valence-electron chi connectivity index (χ3n) is 6.39. The van der Waals surface area contributed by atoms with Crippen LogP contribution >= 0.6 is 11.3 Å². The number of carbonyl (C=O) groups excluding carboxylic acids is 1. The predicted molar refractivity (Wildman–Crippen MR) is 96.5 cm³/mol. The lowest BCUT2D eigenvalue weighted by Gasteiger charge is -2.47. The average molecular weight is 373 g/mol. The number of fused-ring (bicyclic) bond motifs is 2. The first-order chi connectivity index (χ1) is 12.7. The molecule has 0 aromatic carbocycles. The molecule has 2 aromatic heterocycles. The molecule has 7 nitrogen and oxygen atoms in total. The number of tetrazole rings is 1. The second kappa shape index (κ2) is 6.13. The van der Waals surface area contributed by atoms with Gasteiger partial charge in [0.05, 0.1) is 11.2 Å². The maximum absolute atomic E-state index is 13.5. The molecule has 1 saturated heterocycles. The number of carbonyl (C=O) groups is 1. The topological polar surface area (TPSA) is 84.1 Å². The highest BCUT2D eigenvalue weighted by atomic mass is 32.1. The van der Waals surface area contributed by atoms with E-state index in [4.69, 9.17) is 0 Å². The van der Waals surface area contributed by atoms with Crippen molar-refractivity contribution in [2.75, 3.05) is 13.1 Å². The van der Waals surface area contributed by atoms with Crippen LogP contribution in [-0.4, -0.2) is 54.8 Å². The maximum Gasteiger partial charge on any atom is 0.257 e. The Morgan fingerprint density at radius 1 is 1.27 bits per heavy atom. The summed E-state index contributed by atoms with van der Waals surface area (Å²) in [6.45, 7) is 1.29. The van der Waals surface area contributed by atoms with Gasteiger partial charge in [0, 0.05) is 23.9 Å². The van der Waals surface area contributed by atoms with E-state index in [1.807, 2.05) is 4.90 Å². The van der Waals surface area contributed by atoms with E-state index in [0.717, 1.165) is 55.5 Å². The fourth-order valence-electron chi connectivity index (χ4n) is 4.94. The molecule has 1 aliphatic heterocycles. The number of rotatable bonds is 2. The lowest BCUT2D eigenvalue weighted by molar-refractivity contribution is -0.0886. The van der Waals surface area contributed by atoms with Gasteiger partial charge < -0.3 is 10.0 Å². The molecule has 138 valence electrons. The number of piperidine rings is 1. The van der Waals surface area contributed by atoms with Crippen LogP contribution in [0, 0.1) is 5.92 Å². The first kappa shape index (κ1) is 16.4. The van der Waals surface area contributed by atoms with Gasteiger partial charge in [-0.1, -0.05) is 12.8 Å². The summed E-state index contributed by atoms with van der Waals surface area (Å²) in [5.41, 5.74) is 1.41. The lowest BCUT2D eigenvalue weighted by atomic mass is 9.71. The van der Waals surface area contributed by atoms with Crippen LogP contribution in [0.25, 0.3) is 5.00 Å². The van der Waals surface area contributed by atoms with E-state index >= 15 is 0 Å². The van der Waals surface area contributed by atoms with E-state index in [0.29, 0.717) is 19.5 Å². The summed E-state index contributed by atoms with van der Waals surface area (Å²) in [4.78, 5) is 16.7. The van der Waals surface area contributed by atoms with E-state index in [2.05, 4.69) is 15.5 Å². The Balaban J connectivity index is 1.48. The van der Waals surface area contributed by atoms with E-state index < -0.39 is 5.60 Å². The highest BCUT2D eigenvalue weighted by molar-refractivity contribution is 7.15. The van der Waals surface area contributed by atoms with E-state index in [1.165, 1.54) is 10.4 Å². The number of aromatic nitrogens is 4. The van der Waals surface area contributed by atoms with Gasteiger partial charge >= 0.3 is 0 Å². The molecule has 8 heteroatoms. The van der Waals surface area contributed by atoms with Crippen molar-refractivity contribution in [2.24, 2.45) is 5.92 Å². The van der Waals surface area contributed by atoms with Gasteiger partial charge in [0.2, 0.25) is 0 Å². The Labute approximate surface area is 156 Å². The average Bonchev–Trinajstić information content (AvgIpc) is 3.36. The highest BCUT2D eigenvalue weighted by Crippen LogP contribution is 2.42. The molecule has 0 spiro atoms. The van der Waals surface area contributed by atoms with Crippen molar-refractivity contribution in [3.8, 4) is 5.00 Å². The second-order valence-electron chi connectivity index (χ2n) is 7.84. The molecule has 3 heterocycles. The smallest absolute Gasteiger partial charge is 0.257 e. The molecule has 26 heavy (non-hydrogen) atoms. The molecule has 1 amide bonds. The Morgan fingerprint density at radius 3 is 3.04 bits per heavy atom. The van der Waals surface area contributed by atoms with Crippen LogP contribution in [0.4, 0.5) is 0 Å². The van der Waals surface area contributed by atoms with Crippen molar-refractivity contribution < 1.29 is 9.90 Å². The number of hydrogen-bond donors (Lipinski definition) is 1. The van der Waals surface area contributed by atoms with Crippen molar-refractivity contribution >= 4 is 17.2 Å². The van der Waals surface area contributed by atoms with Gasteiger partial charge in [0.1, 0.15) is 11.3 Å². The standard InChI is InChI=1S/C18H23N5O2S/c24-16(22-9-8-18(25)7-2-1-4-12(18)10-22)15-13-5-3-6-14(13)26-17(15)23-11-19-20-21-23/h11-12,25H,1-10H2/t12-,18+/m1/s1. The van der Waals surface area contributed by atoms with Crippen LogP contribution in [0.3, 0.4) is 0 Å². The molecule has 2 aliphatic carbocycles. The maximum atomic E-state index is 13.5. The van der Waals surface area contributed by atoms with Gasteiger partial charge in [-0.05, 0) is 54.5 Å². The Kier molecular flexibility index (Phi) is 3.86. The van der Waals surface area contributed by atoms with Gasteiger partial charge in [0.25, 0.3) is 5.91 Å². The van der Waals surface area contributed by atoms with Crippen molar-refractivity contribution in [3.05, 3.63) is 22.3 Å². The first-order valence-electron chi connectivity index (χ1n) is 9.55. The SMILES string of the molecule is O=C(c1c(-n2cnnn2)sc2c1CCC2)N1CC[C@@]2(O)CCCC[C@@H]2C1. The molecular formula is C18H23N5O2S. The summed E-state index contributed by atoms with van der Waals surface area (Å²) in [5.74, 6) is 0.291. The van der Waals surface area contributed by atoms with Crippen LogP contribution in [0.1, 0.15) is 59.3 Å². The molecule has 2 atom stereocenters. The third-order valence-corrected chi connectivity index (χ3v) is 7.67. The highest BCUT2D eigenvalue weighted by Gasteiger charge is 2.44. The number of aryl methyl sites for hydroxylation is 1. The Hall–Kier alpha value is -1.80. The largest absolute Gasteiger partial charge is 0.389 e. The van der Waals surface area contributed by atoms with E-state index in [1.54, 1.807) is 22.3 Å². The summed E-state index contributed by atoms with van der Waals surface area (Å²) < 4.78 is 1.62. The fourth-order valence-corrected chi connectivity index (χ4v) is 6.24. The van der Waals surface area contributed by atoms with Crippen molar-refractivity contribution in [1.82, 2.24) is 25.1 Å². The van der Waals surface area contributed by atoms with E-state index in [9.17, 15) is 9.90 Å². The quantitative estimate of drug-likeness (QED) is 0.870. The predicted octanol–water partition coefficient (Wildman–Crippen LogP) is 1.98. The fraction of sp³-hybridized carbons (Fsp3) is 0.667. The summed E-state index contributed by atoms with van der Waals surface area (Å²) in [6, 6.07) is 0. The molecule has 0 radical (unpaired) electrons. The number of hydrogen-bond acceptors (Lipinski definition) is 6. The minimum absolute atomic E-state index is 0.0857. The number of thiophene rings is 1. The molecule has 2 aromatic rings. The van der Waals surface area contributed by atoms with Gasteiger partial charge in [0.15, 0.2) is 0 Å². The molecule has 3 aliphatic rings. The molecule has 2 fully saturated rings. The zero-order valence-corrected chi connectivity index (χ0v) is 15.5. The summed E-state index contributed by atoms with van der Waals surface area (Å²) >= 11 is 1.64. The molecule has 0 bridgehead atoms. The number of nitrogens with zero attached hydrogens (tertiary/aromatic N) is 5. The Morgan fingerprint density at radius 2 is 2.19 bits per heavy atom. The van der Waals surface area contributed by atoms with Crippen molar-refractivity contribution in [1.29, 1.82) is 0 Å². The van der Waals surface area contributed by atoms with Crippen LogP contribution in [0.5, 0.6) is 0 Å². The minimum atomic E-state index is -0.565. The zero-order chi connectivity index (χ0) is 17.7. The lowest BCUT2D eigenvalue weighted by Crippen LogP contribution is -2.54. The van der Waals surface area contributed by atoms with Crippen LogP contribution in [0.15, 0.2) is 6.33 Å². The molecule has 5 rings (SSSR count). The molecule has 1 saturated carbocycles. The van der Waals surface area contributed by atoms with Gasteiger partial charge in [-0.3, -0.25) is 4.79 Å². The first-order valence-corrected chi connectivity index (χ1v) is 10.4. The summed E-state index contributed by atoms with van der Waals surface area (Å²) in [5, 5.41) is 23.3. The van der Waals surface area contributed by atoms with Gasteiger partial charge in [-0.2, -0.15) is 4.68 Å². The van der Waals surface area contributed by atoms with E-state index in [-0.39, 0.29) is 11.8 Å². The Bertz CT molecular complexity index is 833. The van der Waals surface area contributed by atoms with Gasteiger partial charge in [-0.25, -0.2) is 0 Å². The number of aliphatic hydroxyl groups is 1. The molecule has 1 N–H and O–H groups in total. The van der Waals surface area contributed by atoms with Gasteiger partial charge in [-0.15, -0.1) is 16.4 Å². The molecule has 0 unspecified atom stereocenters. The third kappa shape index (κ3) is 2.50. The van der Waals surface area contributed by atoms with Crippen molar-refractivity contribution in [2.45, 2.75) is 57.0 Å². The molecular weight excluding hydrogens is 350 g/mol. The van der Waals surface area contributed by atoms with Crippen LogP contribution in [0.2, 0.25) is 0 Å². The summed E-state index contributed by atoms with van der Waals surface area (Å²) in [6.07, 6.45) is 9.50. The van der Waals surface area contributed by atoms with Crippen molar-refractivity contribution in [3.63, 3.8) is 0 Å².